The summed E-state index contributed by atoms with van der Waals surface area (Å²) >= 11 is 0. The standard InChI is InChI=1S/C42H18F15N3/c43-38(44,45)22-3-1-2-20(12-22)21-13-36(59-32-8-4-23(39(46,47)48)15-27(32)28-16-24(40(49,50)51)5-9-33(28)59)31(19-58)37(14-21)60-34-10-6-25(41(52,53)54)17-29(34)30-18-26(42(55,56)57)7-11-35(30)60/h1-18H. The molecule has 0 aliphatic heterocycles. The average molecular weight is 850 g/mol. The number of fused-ring (bicyclic) bond motifs is 6. The summed E-state index contributed by atoms with van der Waals surface area (Å²) in [6, 6.07) is 16.4. The Morgan fingerprint density at radius 2 is 0.650 bits per heavy atom. The van der Waals surface area contributed by atoms with Gasteiger partial charge in [0.2, 0.25) is 0 Å². The van der Waals surface area contributed by atoms with Crippen LogP contribution in [0.5, 0.6) is 0 Å². The van der Waals surface area contributed by atoms with Crippen LogP contribution in [0.4, 0.5) is 65.9 Å². The molecule has 18 heteroatoms. The van der Waals surface area contributed by atoms with E-state index in [9.17, 15) is 71.1 Å². The third-order valence-electron chi connectivity index (χ3n) is 10.1. The van der Waals surface area contributed by atoms with E-state index in [4.69, 9.17) is 0 Å². The molecule has 0 radical (unpaired) electrons. The SMILES string of the molecule is N#Cc1c(-n2c3ccc(C(F)(F)F)cc3c3cc(C(F)(F)F)ccc32)cc(-c2cccc(C(F)(F)F)c2)cc1-n1c2ccc(C(F)(F)F)cc2c2cc(C(F)(F)F)ccc21. The van der Waals surface area contributed by atoms with Gasteiger partial charge in [-0.3, -0.25) is 0 Å². The molecular weight excluding hydrogens is 831 g/mol. The lowest BCUT2D eigenvalue weighted by Crippen LogP contribution is -2.07. The molecule has 0 amide bonds. The van der Waals surface area contributed by atoms with Gasteiger partial charge < -0.3 is 9.13 Å². The highest BCUT2D eigenvalue weighted by Gasteiger charge is 2.36. The summed E-state index contributed by atoms with van der Waals surface area (Å²) in [6.07, 6.45) is -24.8. The van der Waals surface area contributed by atoms with E-state index in [2.05, 4.69) is 0 Å². The molecule has 0 bridgehead atoms. The minimum Gasteiger partial charge on any atom is -0.308 e. The summed E-state index contributed by atoms with van der Waals surface area (Å²) in [5.41, 5.74) is -8.43. The normalized spacial score (nSPS) is 13.2. The number of hydrogen-bond acceptors (Lipinski definition) is 1. The first-order valence-electron chi connectivity index (χ1n) is 17.1. The minimum atomic E-state index is -4.98. The van der Waals surface area contributed by atoms with E-state index in [1.54, 1.807) is 0 Å². The lowest BCUT2D eigenvalue weighted by atomic mass is 9.98. The maximum absolute atomic E-state index is 14.0. The van der Waals surface area contributed by atoms with Crippen LogP contribution >= 0.6 is 0 Å². The Balaban J connectivity index is 1.56. The highest BCUT2D eigenvalue weighted by molar-refractivity contribution is 6.12. The molecule has 60 heavy (non-hydrogen) atoms. The summed E-state index contributed by atoms with van der Waals surface area (Å²) in [7, 11) is 0. The second kappa shape index (κ2) is 13.2. The molecule has 0 N–H and O–H groups in total. The van der Waals surface area contributed by atoms with Crippen molar-refractivity contribution in [2.75, 3.05) is 0 Å². The number of alkyl halides is 15. The maximum Gasteiger partial charge on any atom is 0.416 e. The molecule has 2 aromatic heterocycles. The van der Waals surface area contributed by atoms with Crippen LogP contribution in [0.15, 0.2) is 109 Å². The molecule has 0 aliphatic carbocycles. The van der Waals surface area contributed by atoms with Crippen molar-refractivity contribution in [1.29, 1.82) is 5.26 Å². The Kier molecular flexibility index (Phi) is 8.82. The first-order valence-corrected chi connectivity index (χ1v) is 17.1. The lowest BCUT2D eigenvalue weighted by Gasteiger charge is -2.19. The summed E-state index contributed by atoms with van der Waals surface area (Å²) in [5.74, 6) is 0. The highest BCUT2D eigenvalue weighted by Crippen LogP contribution is 2.45. The van der Waals surface area contributed by atoms with Gasteiger partial charge in [0.25, 0.3) is 0 Å². The molecule has 0 aliphatic rings. The van der Waals surface area contributed by atoms with Gasteiger partial charge in [-0.15, -0.1) is 0 Å². The molecule has 3 nitrogen and oxygen atoms in total. The lowest BCUT2D eigenvalue weighted by molar-refractivity contribution is -0.138. The van der Waals surface area contributed by atoms with Crippen LogP contribution in [-0.2, 0) is 30.9 Å². The number of nitriles is 1. The number of benzene rings is 6. The first kappa shape index (κ1) is 40.2. The molecule has 0 fully saturated rings. The van der Waals surface area contributed by atoms with Gasteiger partial charge in [0.1, 0.15) is 11.6 Å². The topological polar surface area (TPSA) is 33.6 Å². The van der Waals surface area contributed by atoms with Gasteiger partial charge >= 0.3 is 30.9 Å². The van der Waals surface area contributed by atoms with Gasteiger partial charge in [0.15, 0.2) is 0 Å². The number of halogens is 15. The van der Waals surface area contributed by atoms with Crippen molar-refractivity contribution in [2.45, 2.75) is 30.9 Å². The van der Waals surface area contributed by atoms with Crippen LogP contribution in [-0.4, -0.2) is 9.13 Å². The van der Waals surface area contributed by atoms with Crippen molar-refractivity contribution in [3.8, 4) is 28.6 Å². The fourth-order valence-corrected chi connectivity index (χ4v) is 7.39. The number of aromatic nitrogens is 2. The van der Waals surface area contributed by atoms with Crippen LogP contribution in [0.3, 0.4) is 0 Å². The molecule has 0 saturated heterocycles. The van der Waals surface area contributed by atoms with Gasteiger partial charge in [-0.1, -0.05) is 12.1 Å². The van der Waals surface area contributed by atoms with Gasteiger partial charge in [0, 0.05) is 21.5 Å². The van der Waals surface area contributed by atoms with Crippen LogP contribution in [0.25, 0.3) is 66.1 Å². The molecule has 306 valence electrons. The second-order valence-electron chi connectivity index (χ2n) is 13.7. The number of nitrogens with zero attached hydrogens (tertiary/aromatic N) is 3. The fourth-order valence-electron chi connectivity index (χ4n) is 7.39. The average Bonchev–Trinajstić information content (AvgIpc) is 3.67. The van der Waals surface area contributed by atoms with E-state index >= 15 is 0 Å². The minimum absolute atomic E-state index is 0.146. The molecule has 8 rings (SSSR count). The monoisotopic (exact) mass is 849 g/mol. The zero-order valence-electron chi connectivity index (χ0n) is 29.4. The number of hydrogen-bond donors (Lipinski definition) is 0. The van der Waals surface area contributed by atoms with Crippen LogP contribution in [0.1, 0.15) is 33.4 Å². The van der Waals surface area contributed by atoms with Gasteiger partial charge in [-0.25, -0.2) is 0 Å². The first-order chi connectivity index (χ1) is 27.9. The van der Waals surface area contributed by atoms with Crippen molar-refractivity contribution >= 4 is 43.6 Å². The van der Waals surface area contributed by atoms with Crippen LogP contribution in [0.2, 0.25) is 0 Å². The molecule has 2 heterocycles. The zero-order valence-corrected chi connectivity index (χ0v) is 29.4. The van der Waals surface area contributed by atoms with E-state index in [1.165, 1.54) is 6.07 Å². The Morgan fingerprint density at radius 3 is 0.933 bits per heavy atom. The van der Waals surface area contributed by atoms with E-state index in [1.807, 2.05) is 6.07 Å². The molecule has 6 aromatic carbocycles. The molecule has 0 saturated carbocycles. The molecule has 0 unspecified atom stereocenters. The number of rotatable bonds is 3. The largest absolute Gasteiger partial charge is 0.416 e. The Labute approximate surface area is 325 Å². The van der Waals surface area contributed by atoms with Crippen molar-refractivity contribution in [1.82, 2.24) is 9.13 Å². The van der Waals surface area contributed by atoms with Gasteiger partial charge in [-0.05, 0) is 108 Å². The van der Waals surface area contributed by atoms with Crippen molar-refractivity contribution in [2.24, 2.45) is 0 Å². The fraction of sp³-hybridized carbons (Fsp3) is 0.119. The van der Waals surface area contributed by atoms with Gasteiger partial charge in [0.05, 0.1) is 61.3 Å². The van der Waals surface area contributed by atoms with Crippen LogP contribution in [0, 0.1) is 11.3 Å². The quantitative estimate of drug-likeness (QED) is 0.163. The van der Waals surface area contributed by atoms with Crippen LogP contribution < -0.4 is 0 Å². The summed E-state index contributed by atoms with van der Waals surface area (Å²) in [5, 5.41) is 9.37. The zero-order chi connectivity index (χ0) is 43.5. The van der Waals surface area contributed by atoms with Crippen molar-refractivity contribution < 1.29 is 65.9 Å². The van der Waals surface area contributed by atoms with E-state index in [0.717, 1.165) is 57.7 Å². The molecule has 8 aromatic rings. The maximum atomic E-state index is 14.0. The summed E-state index contributed by atoms with van der Waals surface area (Å²) in [6.45, 7) is 0. The highest BCUT2D eigenvalue weighted by atomic mass is 19.4. The second-order valence-corrected chi connectivity index (χ2v) is 13.7. The smallest absolute Gasteiger partial charge is 0.308 e. The van der Waals surface area contributed by atoms with Crippen molar-refractivity contribution in [3.63, 3.8) is 0 Å². The Bertz CT molecular complexity index is 2780. The Hall–Kier alpha value is -6.64. The van der Waals surface area contributed by atoms with Crippen molar-refractivity contribution in [3.05, 3.63) is 143 Å². The predicted molar refractivity (Wildman–Crippen MR) is 190 cm³/mol. The predicted octanol–water partition coefficient (Wildman–Crippen LogP) is 14.5. The van der Waals surface area contributed by atoms with E-state index < -0.39 is 64.3 Å². The van der Waals surface area contributed by atoms with Gasteiger partial charge in [-0.2, -0.15) is 71.1 Å². The summed E-state index contributed by atoms with van der Waals surface area (Å²) in [4.78, 5) is 0. The molecule has 0 atom stereocenters. The Morgan fingerprint density at radius 1 is 0.350 bits per heavy atom. The molecule has 0 spiro atoms. The summed E-state index contributed by atoms with van der Waals surface area (Å²) < 4.78 is 212. The third-order valence-corrected chi connectivity index (χ3v) is 10.1. The van der Waals surface area contributed by atoms with E-state index in [0.29, 0.717) is 54.6 Å². The third kappa shape index (κ3) is 6.71. The molecular formula is C42H18F15N3. The van der Waals surface area contributed by atoms with E-state index in [-0.39, 0.29) is 66.1 Å².